The molecule has 0 aliphatic carbocycles. The van der Waals surface area contributed by atoms with Crippen molar-refractivity contribution in [1.82, 2.24) is 4.98 Å². The molecule has 0 radical (unpaired) electrons. The Morgan fingerprint density at radius 1 is 0.852 bits per heavy atom. The van der Waals surface area contributed by atoms with Crippen LogP contribution in [0.5, 0.6) is 0 Å². The Bertz CT molecular complexity index is 1130. The first-order chi connectivity index (χ1) is 13.4. The molecule has 2 aliphatic rings. The van der Waals surface area contributed by atoms with E-state index >= 15 is 0 Å². The molecule has 27 heavy (non-hydrogen) atoms. The molecule has 3 heterocycles. The second-order valence-corrected chi connectivity index (χ2v) is 7.75. The van der Waals surface area contributed by atoms with E-state index in [9.17, 15) is 0 Å². The molecule has 4 aromatic rings. The van der Waals surface area contributed by atoms with Crippen molar-refractivity contribution in [2.24, 2.45) is 5.92 Å². The standard InChI is InChI=1S/C24H22N2O/c1-2-7-15(8-3-1)23-17-10-6-14-27-24(17)22-20(26-23)13-12-19-21(22)16-9-4-5-11-18(16)25-19/h1-5,7-9,11-13,17,23-26H,6,10,14H2/t17-,23+,24-/m1/s1. The highest BCUT2D eigenvalue weighted by Gasteiger charge is 2.41. The highest BCUT2D eigenvalue weighted by atomic mass is 16.5. The number of H-pyrrole nitrogens is 1. The number of hydrogen-bond donors (Lipinski definition) is 2. The number of benzene rings is 3. The Morgan fingerprint density at radius 2 is 1.70 bits per heavy atom. The predicted octanol–water partition coefficient (Wildman–Crippen LogP) is 5.96. The summed E-state index contributed by atoms with van der Waals surface area (Å²) in [6.07, 6.45) is 2.46. The minimum Gasteiger partial charge on any atom is -0.378 e. The van der Waals surface area contributed by atoms with Crippen LogP contribution in [0.25, 0.3) is 21.8 Å². The first kappa shape index (κ1) is 15.3. The average Bonchev–Trinajstić information content (AvgIpc) is 3.12. The van der Waals surface area contributed by atoms with Gasteiger partial charge in [0.1, 0.15) is 0 Å². The zero-order valence-corrected chi connectivity index (χ0v) is 15.1. The molecule has 134 valence electrons. The third-order valence-corrected chi connectivity index (χ3v) is 6.26. The minimum atomic E-state index is 0.142. The van der Waals surface area contributed by atoms with Gasteiger partial charge in [0.25, 0.3) is 0 Å². The molecule has 1 fully saturated rings. The first-order valence-electron chi connectivity index (χ1n) is 9.86. The summed E-state index contributed by atoms with van der Waals surface area (Å²) in [5.74, 6) is 0.452. The molecule has 3 aromatic carbocycles. The Hall–Kier alpha value is -2.78. The van der Waals surface area contributed by atoms with Gasteiger partial charge in [0.05, 0.1) is 12.1 Å². The molecule has 1 saturated heterocycles. The van der Waals surface area contributed by atoms with Crippen molar-refractivity contribution < 1.29 is 4.74 Å². The van der Waals surface area contributed by atoms with E-state index in [2.05, 4.69) is 77.0 Å². The van der Waals surface area contributed by atoms with Crippen molar-refractivity contribution in [3.8, 4) is 0 Å². The SMILES string of the molecule is c1ccc([C@@H]2Nc3ccc4[nH]c5ccccc5c4c3[C@@H]3OCCC[C@H]23)cc1. The van der Waals surface area contributed by atoms with Crippen molar-refractivity contribution in [1.29, 1.82) is 0 Å². The van der Waals surface area contributed by atoms with Crippen LogP contribution in [0.1, 0.15) is 36.1 Å². The Balaban J connectivity index is 1.60. The fraction of sp³-hybridized carbons (Fsp3) is 0.250. The van der Waals surface area contributed by atoms with Crippen molar-refractivity contribution in [2.45, 2.75) is 25.0 Å². The normalized spacial score (nSPS) is 24.4. The van der Waals surface area contributed by atoms with Crippen LogP contribution in [0.3, 0.4) is 0 Å². The smallest absolute Gasteiger partial charge is 0.0902 e. The van der Waals surface area contributed by atoms with Crippen molar-refractivity contribution in [2.75, 3.05) is 11.9 Å². The fourth-order valence-electron chi connectivity index (χ4n) is 5.10. The summed E-state index contributed by atoms with van der Waals surface area (Å²) >= 11 is 0. The second-order valence-electron chi connectivity index (χ2n) is 7.75. The summed E-state index contributed by atoms with van der Waals surface area (Å²) in [6, 6.07) is 24.1. The maximum Gasteiger partial charge on any atom is 0.0902 e. The lowest BCUT2D eigenvalue weighted by Crippen LogP contribution is -2.36. The maximum absolute atomic E-state index is 6.43. The summed E-state index contributed by atoms with van der Waals surface area (Å²) in [5, 5.41) is 6.47. The van der Waals surface area contributed by atoms with E-state index in [1.54, 1.807) is 0 Å². The number of aromatic amines is 1. The van der Waals surface area contributed by atoms with Gasteiger partial charge in [-0.1, -0.05) is 48.5 Å². The van der Waals surface area contributed by atoms with E-state index in [-0.39, 0.29) is 6.10 Å². The van der Waals surface area contributed by atoms with Gasteiger partial charge >= 0.3 is 0 Å². The largest absolute Gasteiger partial charge is 0.378 e. The lowest BCUT2D eigenvalue weighted by Gasteiger charge is -2.43. The molecule has 6 rings (SSSR count). The number of ether oxygens (including phenoxy) is 1. The predicted molar refractivity (Wildman–Crippen MR) is 110 cm³/mol. The average molecular weight is 354 g/mol. The van der Waals surface area contributed by atoms with E-state index in [0.717, 1.165) is 13.0 Å². The van der Waals surface area contributed by atoms with Crippen LogP contribution in [0.4, 0.5) is 5.69 Å². The van der Waals surface area contributed by atoms with Crippen LogP contribution >= 0.6 is 0 Å². The van der Waals surface area contributed by atoms with Crippen LogP contribution in [0.2, 0.25) is 0 Å². The Kier molecular flexibility index (Phi) is 3.32. The summed E-state index contributed by atoms with van der Waals surface area (Å²) in [6.45, 7) is 0.848. The third kappa shape index (κ3) is 2.25. The van der Waals surface area contributed by atoms with Crippen LogP contribution in [-0.2, 0) is 4.74 Å². The highest BCUT2D eigenvalue weighted by Crippen LogP contribution is 2.52. The lowest BCUT2D eigenvalue weighted by molar-refractivity contribution is -0.0372. The molecule has 0 saturated carbocycles. The molecule has 3 atom stereocenters. The maximum atomic E-state index is 6.43. The quantitative estimate of drug-likeness (QED) is 0.443. The number of fused-ring (bicyclic) bond motifs is 7. The van der Waals surface area contributed by atoms with Crippen molar-refractivity contribution >= 4 is 27.5 Å². The van der Waals surface area contributed by atoms with Gasteiger partial charge in [-0.3, -0.25) is 0 Å². The van der Waals surface area contributed by atoms with E-state index in [0.29, 0.717) is 12.0 Å². The molecule has 0 amide bonds. The van der Waals surface area contributed by atoms with Gasteiger partial charge in [0, 0.05) is 45.6 Å². The second kappa shape index (κ2) is 5.86. The van der Waals surface area contributed by atoms with Gasteiger partial charge in [-0.15, -0.1) is 0 Å². The molecule has 2 aliphatic heterocycles. The molecule has 3 heteroatoms. The fourth-order valence-corrected chi connectivity index (χ4v) is 5.10. The molecule has 2 N–H and O–H groups in total. The Labute approximate surface area is 158 Å². The Morgan fingerprint density at radius 3 is 2.63 bits per heavy atom. The first-order valence-corrected chi connectivity index (χ1v) is 9.86. The minimum absolute atomic E-state index is 0.142. The van der Waals surface area contributed by atoms with Crippen molar-refractivity contribution in [3.05, 3.63) is 77.9 Å². The summed E-state index contributed by atoms with van der Waals surface area (Å²) < 4.78 is 6.43. The molecular formula is C24H22N2O. The van der Waals surface area contributed by atoms with E-state index in [1.165, 1.54) is 45.0 Å². The number of rotatable bonds is 1. The number of nitrogens with one attached hydrogen (secondary N) is 2. The highest BCUT2D eigenvalue weighted by molar-refractivity contribution is 6.10. The molecule has 0 unspecified atom stereocenters. The summed E-state index contributed by atoms with van der Waals surface area (Å²) in [7, 11) is 0. The lowest BCUT2D eigenvalue weighted by atomic mass is 9.76. The van der Waals surface area contributed by atoms with E-state index < -0.39 is 0 Å². The number of anilines is 1. The zero-order valence-electron chi connectivity index (χ0n) is 15.1. The van der Waals surface area contributed by atoms with Gasteiger partial charge in [-0.25, -0.2) is 0 Å². The van der Waals surface area contributed by atoms with Gasteiger partial charge < -0.3 is 15.0 Å². The molecular weight excluding hydrogens is 332 g/mol. The van der Waals surface area contributed by atoms with Gasteiger partial charge in [0.2, 0.25) is 0 Å². The van der Waals surface area contributed by atoms with E-state index in [4.69, 9.17) is 4.74 Å². The molecule has 0 bridgehead atoms. The number of hydrogen-bond acceptors (Lipinski definition) is 2. The van der Waals surface area contributed by atoms with Crippen LogP contribution in [-0.4, -0.2) is 11.6 Å². The van der Waals surface area contributed by atoms with Crippen LogP contribution < -0.4 is 5.32 Å². The summed E-state index contributed by atoms with van der Waals surface area (Å²) in [5.41, 5.74) is 6.29. The summed E-state index contributed by atoms with van der Waals surface area (Å²) in [4.78, 5) is 3.58. The number of aromatic nitrogens is 1. The molecule has 3 nitrogen and oxygen atoms in total. The van der Waals surface area contributed by atoms with Gasteiger partial charge in [-0.05, 0) is 36.6 Å². The topological polar surface area (TPSA) is 37.0 Å². The molecule has 0 spiro atoms. The monoisotopic (exact) mass is 354 g/mol. The van der Waals surface area contributed by atoms with Gasteiger partial charge in [-0.2, -0.15) is 0 Å². The van der Waals surface area contributed by atoms with Crippen molar-refractivity contribution in [3.63, 3.8) is 0 Å². The third-order valence-electron chi connectivity index (χ3n) is 6.26. The zero-order chi connectivity index (χ0) is 17.8. The van der Waals surface area contributed by atoms with Crippen LogP contribution in [0.15, 0.2) is 66.7 Å². The molecule has 1 aromatic heterocycles. The van der Waals surface area contributed by atoms with Crippen LogP contribution in [0, 0.1) is 5.92 Å². The van der Waals surface area contributed by atoms with Gasteiger partial charge in [0.15, 0.2) is 0 Å². The van der Waals surface area contributed by atoms with E-state index in [1.807, 2.05) is 0 Å². The number of para-hydroxylation sites is 1.